The van der Waals surface area contributed by atoms with Gasteiger partial charge in [0.15, 0.2) is 5.76 Å². The molecule has 0 radical (unpaired) electrons. The summed E-state index contributed by atoms with van der Waals surface area (Å²) in [6.45, 7) is 1.09. The number of amides is 2. The minimum absolute atomic E-state index is 0.0861. The summed E-state index contributed by atoms with van der Waals surface area (Å²) in [5, 5.41) is 2.97. The number of benzene rings is 1. The Labute approximate surface area is 162 Å². The quantitative estimate of drug-likeness (QED) is 0.744. The van der Waals surface area contributed by atoms with E-state index in [1.165, 1.54) is 6.26 Å². The maximum Gasteiger partial charge on any atom is 0.289 e. The third-order valence-electron chi connectivity index (χ3n) is 5.25. The van der Waals surface area contributed by atoms with E-state index in [1.807, 2.05) is 30.3 Å². The molecule has 6 heteroatoms. The van der Waals surface area contributed by atoms with Crippen LogP contribution in [0.5, 0.6) is 0 Å². The topological polar surface area (TPSA) is 75.7 Å². The van der Waals surface area contributed by atoms with Gasteiger partial charge < -0.3 is 19.1 Å². The molecular formula is C22H20N2O4. The average Bonchev–Trinajstić information content (AvgIpc) is 3.26. The Balaban J connectivity index is 1.35. The molecule has 2 aliphatic rings. The number of hydrogen-bond donors (Lipinski definition) is 1. The first-order chi connectivity index (χ1) is 13.7. The fourth-order valence-electron chi connectivity index (χ4n) is 3.54. The van der Waals surface area contributed by atoms with Crippen molar-refractivity contribution >= 4 is 17.5 Å². The van der Waals surface area contributed by atoms with Gasteiger partial charge in [0, 0.05) is 42.2 Å². The molecule has 1 fully saturated rings. The summed E-state index contributed by atoms with van der Waals surface area (Å²) in [6, 6.07) is 13.1. The molecule has 1 aromatic carbocycles. The van der Waals surface area contributed by atoms with Gasteiger partial charge in [-0.3, -0.25) is 9.59 Å². The molecule has 5 rings (SSSR count). The van der Waals surface area contributed by atoms with Gasteiger partial charge in [0.05, 0.1) is 6.26 Å². The number of fused-ring (bicyclic) bond motifs is 1. The van der Waals surface area contributed by atoms with Crippen LogP contribution in [0.1, 0.15) is 34.7 Å². The van der Waals surface area contributed by atoms with Crippen LogP contribution < -0.4 is 5.32 Å². The number of carbonyl (C=O) groups is 2. The zero-order valence-corrected chi connectivity index (χ0v) is 15.3. The van der Waals surface area contributed by atoms with E-state index in [0.717, 1.165) is 41.2 Å². The fourth-order valence-corrected chi connectivity index (χ4v) is 3.54. The van der Waals surface area contributed by atoms with Crippen molar-refractivity contribution in [3.8, 4) is 11.3 Å². The number of rotatable bonds is 4. The van der Waals surface area contributed by atoms with Crippen molar-refractivity contribution in [1.82, 2.24) is 4.90 Å². The van der Waals surface area contributed by atoms with E-state index in [9.17, 15) is 9.59 Å². The van der Waals surface area contributed by atoms with Crippen LogP contribution in [0.3, 0.4) is 0 Å². The summed E-state index contributed by atoms with van der Waals surface area (Å²) in [5.74, 6) is 2.15. The predicted octanol–water partition coefficient (Wildman–Crippen LogP) is 4.09. The summed E-state index contributed by atoms with van der Waals surface area (Å²) < 4.78 is 11.3. The molecule has 0 unspecified atom stereocenters. The van der Waals surface area contributed by atoms with Crippen LogP contribution in [0.15, 0.2) is 57.6 Å². The highest BCUT2D eigenvalue weighted by Crippen LogP contribution is 2.33. The van der Waals surface area contributed by atoms with Crippen LogP contribution >= 0.6 is 0 Å². The molecule has 3 heterocycles. The third kappa shape index (κ3) is 3.22. The van der Waals surface area contributed by atoms with Crippen molar-refractivity contribution in [3.05, 3.63) is 65.8 Å². The monoisotopic (exact) mass is 376 g/mol. The van der Waals surface area contributed by atoms with Crippen molar-refractivity contribution in [2.24, 2.45) is 5.92 Å². The maximum absolute atomic E-state index is 12.5. The molecule has 0 bridgehead atoms. The molecule has 1 aliphatic carbocycles. The zero-order valence-electron chi connectivity index (χ0n) is 15.3. The van der Waals surface area contributed by atoms with E-state index in [2.05, 4.69) is 5.32 Å². The third-order valence-corrected chi connectivity index (χ3v) is 5.25. The minimum atomic E-state index is -0.108. The molecular weight excluding hydrogens is 356 g/mol. The molecule has 2 amide bonds. The highest BCUT2D eigenvalue weighted by molar-refractivity contribution is 5.94. The van der Waals surface area contributed by atoms with E-state index in [1.54, 1.807) is 17.0 Å². The van der Waals surface area contributed by atoms with Crippen molar-refractivity contribution in [1.29, 1.82) is 0 Å². The summed E-state index contributed by atoms with van der Waals surface area (Å²) >= 11 is 0. The fraction of sp³-hybridized carbons (Fsp3) is 0.273. The molecule has 1 N–H and O–H groups in total. The van der Waals surface area contributed by atoms with Crippen molar-refractivity contribution in [2.45, 2.75) is 25.8 Å². The smallest absolute Gasteiger partial charge is 0.289 e. The van der Waals surface area contributed by atoms with Crippen LogP contribution in [-0.2, 0) is 17.8 Å². The highest BCUT2D eigenvalue weighted by atomic mass is 16.3. The van der Waals surface area contributed by atoms with Crippen LogP contribution in [0, 0.1) is 5.92 Å². The van der Waals surface area contributed by atoms with Gasteiger partial charge in [-0.05, 0) is 43.2 Å². The van der Waals surface area contributed by atoms with Gasteiger partial charge in [-0.2, -0.15) is 0 Å². The van der Waals surface area contributed by atoms with Gasteiger partial charge in [-0.15, -0.1) is 0 Å². The van der Waals surface area contributed by atoms with E-state index in [-0.39, 0.29) is 17.7 Å². The van der Waals surface area contributed by atoms with Crippen LogP contribution in [0.2, 0.25) is 0 Å². The second-order valence-corrected chi connectivity index (χ2v) is 7.36. The Morgan fingerprint density at radius 2 is 2.00 bits per heavy atom. The Morgan fingerprint density at radius 1 is 1.11 bits per heavy atom. The number of hydrogen-bond acceptors (Lipinski definition) is 4. The molecule has 6 nitrogen and oxygen atoms in total. The second kappa shape index (κ2) is 6.71. The van der Waals surface area contributed by atoms with Gasteiger partial charge in [0.2, 0.25) is 5.91 Å². The summed E-state index contributed by atoms with van der Waals surface area (Å²) in [7, 11) is 0. The van der Waals surface area contributed by atoms with Crippen molar-refractivity contribution in [3.63, 3.8) is 0 Å². The first kappa shape index (κ1) is 16.9. The van der Waals surface area contributed by atoms with E-state index in [0.29, 0.717) is 25.3 Å². The lowest BCUT2D eigenvalue weighted by Gasteiger charge is -2.25. The number of nitrogens with one attached hydrogen (secondary N) is 1. The van der Waals surface area contributed by atoms with Crippen LogP contribution in [-0.4, -0.2) is 23.3 Å². The zero-order chi connectivity index (χ0) is 19.1. The number of furan rings is 2. The van der Waals surface area contributed by atoms with E-state index >= 15 is 0 Å². The molecule has 0 spiro atoms. The van der Waals surface area contributed by atoms with Gasteiger partial charge >= 0.3 is 0 Å². The lowest BCUT2D eigenvalue weighted by molar-refractivity contribution is -0.117. The van der Waals surface area contributed by atoms with E-state index in [4.69, 9.17) is 8.83 Å². The molecule has 3 aromatic rings. The number of carbonyl (C=O) groups excluding carboxylic acids is 2. The molecule has 1 aliphatic heterocycles. The molecule has 1 saturated carbocycles. The van der Waals surface area contributed by atoms with Gasteiger partial charge in [-0.1, -0.05) is 12.1 Å². The minimum Gasteiger partial charge on any atom is -0.461 e. The van der Waals surface area contributed by atoms with Crippen molar-refractivity contribution < 1.29 is 18.4 Å². The second-order valence-electron chi connectivity index (χ2n) is 7.36. The lowest BCUT2D eigenvalue weighted by atomic mass is 10.1. The average molecular weight is 376 g/mol. The molecule has 142 valence electrons. The van der Waals surface area contributed by atoms with Crippen LogP contribution in [0.25, 0.3) is 11.3 Å². The number of anilines is 1. The van der Waals surface area contributed by atoms with Gasteiger partial charge in [-0.25, -0.2) is 0 Å². The Bertz CT molecular complexity index is 1030. The SMILES string of the molecule is O=C(Nc1cccc(-c2cc3c(o2)CCN(C(=O)c2ccco2)C3)c1)C1CC1. The van der Waals surface area contributed by atoms with Crippen LogP contribution in [0.4, 0.5) is 5.69 Å². The summed E-state index contributed by atoms with van der Waals surface area (Å²) in [6.07, 6.45) is 4.13. The van der Waals surface area contributed by atoms with Crippen molar-refractivity contribution in [2.75, 3.05) is 11.9 Å². The largest absolute Gasteiger partial charge is 0.461 e. The molecule has 0 saturated heterocycles. The highest BCUT2D eigenvalue weighted by Gasteiger charge is 2.30. The molecule has 28 heavy (non-hydrogen) atoms. The predicted molar refractivity (Wildman–Crippen MR) is 103 cm³/mol. The first-order valence-corrected chi connectivity index (χ1v) is 9.53. The summed E-state index contributed by atoms with van der Waals surface area (Å²) in [5.41, 5.74) is 2.69. The normalized spacial score (nSPS) is 15.9. The molecule has 0 atom stereocenters. The standard InChI is InChI=1S/C22H20N2O4/c25-21(14-6-7-14)23-17-4-1-3-15(11-17)20-12-16-13-24(9-8-18(16)28-20)22(26)19-5-2-10-27-19/h1-5,10-12,14H,6-9,13H2,(H,23,25). The van der Waals surface area contributed by atoms with E-state index < -0.39 is 0 Å². The van der Waals surface area contributed by atoms with Gasteiger partial charge in [0.1, 0.15) is 11.5 Å². The Kier molecular flexibility index (Phi) is 4.04. The van der Waals surface area contributed by atoms with Gasteiger partial charge in [0.25, 0.3) is 5.91 Å². The first-order valence-electron chi connectivity index (χ1n) is 9.53. The Morgan fingerprint density at radius 3 is 2.79 bits per heavy atom. The summed E-state index contributed by atoms with van der Waals surface area (Å²) in [4.78, 5) is 26.3. The maximum atomic E-state index is 12.5. The molecule has 2 aromatic heterocycles. The lowest BCUT2D eigenvalue weighted by Crippen LogP contribution is -2.35. The Hall–Kier alpha value is -3.28. The number of nitrogens with zero attached hydrogens (tertiary/aromatic N) is 1.